The molecule has 1 atom stereocenters. The van der Waals surface area contributed by atoms with Gasteiger partial charge in [-0.25, -0.2) is 0 Å². The minimum atomic E-state index is -0.150. The molecule has 6 nitrogen and oxygen atoms in total. The lowest BCUT2D eigenvalue weighted by Gasteiger charge is -2.26. The second kappa shape index (κ2) is 9.28. The number of ether oxygens (including phenoxy) is 3. The summed E-state index contributed by atoms with van der Waals surface area (Å²) in [5.41, 5.74) is 2.31. The van der Waals surface area contributed by atoms with E-state index < -0.39 is 0 Å². The highest BCUT2D eigenvalue weighted by atomic mass is 16.5. The summed E-state index contributed by atoms with van der Waals surface area (Å²) >= 11 is 0. The second-order valence-electron chi connectivity index (χ2n) is 6.43. The molecular weight excluding hydrogens is 344 g/mol. The molecule has 0 fully saturated rings. The van der Waals surface area contributed by atoms with Gasteiger partial charge in [-0.2, -0.15) is 0 Å². The molecule has 3 rings (SSSR count). The molecule has 1 heterocycles. The minimum absolute atomic E-state index is 0.0272. The van der Waals surface area contributed by atoms with E-state index in [0.29, 0.717) is 31.2 Å². The largest absolute Gasteiger partial charge is 0.493 e. The molecular formula is C21H26N2O4. The lowest BCUT2D eigenvalue weighted by atomic mass is 10.0. The van der Waals surface area contributed by atoms with Gasteiger partial charge in [-0.15, -0.1) is 0 Å². The summed E-state index contributed by atoms with van der Waals surface area (Å²) in [6.07, 6.45) is 0.945. The van der Waals surface area contributed by atoms with Crippen LogP contribution in [-0.2, 0) is 17.8 Å². The maximum Gasteiger partial charge on any atom is 0.257 e. The average molecular weight is 370 g/mol. The van der Waals surface area contributed by atoms with Crippen LogP contribution in [0.3, 0.4) is 0 Å². The number of nitrogens with one attached hydrogen (secondary N) is 2. The summed E-state index contributed by atoms with van der Waals surface area (Å²) in [5, 5.41) is 6.23. The Bertz CT molecular complexity index is 779. The van der Waals surface area contributed by atoms with Gasteiger partial charge in [0.05, 0.1) is 7.11 Å². The Kier molecular flexibility index (Phi) is 6.54. The predicted octanol–water partition coefficient (Wildman–Crippen LogP) is 2.30. The van der Waals surface area contributed by atoms with Crippen molar-refractivity contribution < 1.29 is 19.0 Å². The van der Waals surface area contributed by atoms with Crippen LogP contribution in [0.1, 0.15) is 18.1 Å². The first kappa shape index (κ1) is 19.0. The lowest BCUT2D eigenvalue weighted by Crippen LogP contribution is -2.38. The highest BCUT2D eigenvalue weighted by Crippen LogP contribution is 2.28. The van der Waals surface area contributed by atoms with Crippen LogP contribution in [0.2, 0.25) is 0 Å². The summed E-state index contributed by atoms with van der Waals surface area (Å²) in [4.78, 5) is 11.5. The molecule has 0 spiro atoms. The van der Waals surface area contributed by atoms with Crippen molar-refractivity contribution in [1.29, 1.82) is 0 Å². The number of likely N-dealkylation sites (N-methyl/N-ethyl adjacent to an activating group) is 1. The first-order valence-corrected chi connectivity index (χ1v) is 9.20. The van der Waals surface area contributed by atoms with E-state index in [2.05, 4.69) is 16.7 Å². The predicted molar refractivity (Wildman–Crippen MR) is 103 cm³/mol. The van der Waals surface area contributed by atoms with E-state index in [9.17, 15) is 4.79 Å². The molecule has 27 heavy (non-hydrogen) atoms. The molecule has 144 valence electrons. The molecule has 2 aromatic carbocycles. The number of hydrogen-bond donors (Lipinski definition) is 2. The van der Waals surface area contributed by atoms with Gasteiger partial charge in [-0.1, -0.05) is 24.3 Å². The molecule has 0 bridgehead atoms. The highest BCUT2D eigenvalue weighted by Gasteiger charge is 2.19. The van der Waals surface area contributed by atoms with Crippen LogP contribution in [0, 0.1) is 0 Å². The molecule has 0 aromatic heterocycles. The van der Waals surface area contributed by atoms with Gasteiger partial charge in [0.2, 0.25) is 0 Å². The van der Waals surface area contributed by atoms with Gasteiger partial charge in [0, 0.05) is 19.1 Å². The van der Waals surface area contributed by atoms with Crippen LogP contribution in [0.15, 0.2) is 42.5 Å². The zero-order chi connectivity index (χ0) is 19.1. The normalized spacial score (nSPS) is 15.4. The Hall–Kier alpha value is -2.73. The molecule has 0 saturated carbocycles. The van der Waals surface area contributed by atoms with Crippen molar-refractivity contribution in [2.24, 2.45) is 0 Å². The molecule has 0 unspecified atom stereocenters. The Labute approximate surface area is 159 Å². The quantitative estimate of drug-likeness (QED) is 0.746. The Morgan fingerprint density at radius 2 is 2.07 bits per heavy atom. The number of hydrogen-bond acceptors (Lipinski definition) is 5. The fourth-order valence-corrected chi connectivity index (χ4v) is 3.05. The van der Waals surface area contributed by atoms with Crippen LogP contribution in [0.4, 0.5) is 0 Å². The van der Waals surface area contributed by atoms with E-state index in [1.54, 1.807) is 7.11 Å². The van der Waals surface area contributed by atoms with Crippen molar-refractivity contribution in [3.05, 3.63) is 53.6 Å². The first-order chi connectivity index (χ1) is 13.2. The van der Waals surface area contributed by atoms with Crippen molar-refractivity contribution >= 4 is 5.91 Å². The SMILES string of the molecule is CCNC(=O)COc1ccc(CN[C@H]2COc3ccccc3C2)cc1OC. The molecule has 0 radical (unpaired) electrons. The van der Waals surface area contributed by atoms with Gasteiger partial charge in [0.15, 0.2) is 18.1 Å². The van der Waals surface area contributed by atoms with Crippen LogP contribution in [0.5, 0.6) is 17.2 Å². The van der Waals surface area contributed by atoms with Gasteiger partial charge < -0.3 is 24.8 Å². The maximum absolute atomic E-state index is 11.5. The topological polar surface area (TPSA) is 68.8 Å². The first-order valence-electron chi connectivity index (χ1n) is 9.20. The Balaban J connectivity index is 1.55. The fraction of sp³-hybridized carbons (Fsp3) is 0.381. The standard InChI is InChI=1S/C21H26N2O4/c1-3-22-21(24)14-27-19-9-8-15(10-20(19)25-2)12-23-17-11-16-6-4-5-7-18(16)26-13-17/h4-10,17,23H,3,11-14H2,1-2H3,(H,22,24)/t17-/m1/s1. The van der Waals surface area contributed by atoms with Crippen LogP contribution < -0.4 is 24.8 Å². The highest BCUT2D eigenvalue weighted by molar-refractivity contribution is 5.77. The summed E-state index contributed by atoms with van der Waals surface area (Å²) in [6, 6.07) is 14.1. The third kappa shape index (κ3) is 5.14. The summed E-state index contributed by atoms with van der Waals surface area (Å²) in [5.74, 6) is 2.00. The van der Waals surface area contributed by atoms with Gasteiger partial charge in [0.25, 0.3) is 5.91 Å². The van der Waals surface area contributed by atoms with Gasteiger partial charge in [-0.05, 0) is 42.7 Å². The number of benzene rings is 2. The van der Waals surface area contributed by atoms with Crippen LogP contribution >= 0.6 is 0 Å². The number of carbonyl (C=O) groups excluding carboxylic acids is 1. The molecule has 2 N–H and O–H groups in total. The summed E-state index contributed by atoms with van der Waals surface area (Å²) in [6.45, 7) is 3.78. The van der Waals surface area contributed by atoms with E-state index in [4.69, 9.17) is 14.2 Å². The van der Waals surface area contributed by atoms with Crippen molar-refractivity contribution in [2.45, 2.75) is 25.9 Å². The zero-order valence-electron chi connectivity index (χ0n) is 15.8. The fourth-order valence-electron chi connectivity index (χ4n) is 3.05. The summed E-state index contributed by atoms with van der Waals surface area (Å²) in [7, 11) is 1.59. The number of fused-ring (bicyclic) bond motifs is 1. The molecule has 0 aliphatic carbocycles. The number of rotatable bonds is 8. The number of methoxy groups -OCH3 is 1. The van der Waals surface area contributed by atoms with Gasteiger partial charge in [-0.3, -0.25) is 4.79 Å². The third-order valence-electron chi connectivity index (χ3n) is 4.43. The van der Waals surface area contributed by atoms with E-state index in [-0.39, 0.29) is 18.6 Å². The minimum Gasteiger partial charge on any atom is -0.493 e. The van der Waals surface area contributed by atoms with E-state index >= 15 is 0 Å². The molecule has 1 aliphatic heterocycles. The van der Waals surface area contributed by atoms with Crippen LogP contribution in [0.25, 0.3) is 0 Å². The number of carbonyl (C=O) groups is 1. The van der Waals surface area contributed by atoms with Crippen molar-refractivity contribution in [1.82, 2.24) is 10.6 Å². The Morgan fingerprint density at radius 3 is 2.89 bits per heavy atom. The van der Waals surface area contributed by atoms with E-state index in [1.807, 2.05) is 43.3 Å². The lowest BCUT2D eigenvalue weighted by molar-refractivity contribution is -0.123. The van der Waals surface area contributed by atoms with E-state index in [1.165, 1.54) is 5.56 Å². The van der Waals surface area contributed by atoms with Crippen molar-refractivity contribution in [3.63, 3.8) is 0 Å². The monoisotopic (exact) mass is 370 g/mol. The molecule has 6 heteroatoms. The van der Waals surface area contributed by atoms with Crippen molar-refractivity contribution in [2.75, 3.05) is 26.9 Å². The number of amides is 1. The molecule has 0 saturated heterocycles. The van der Waals surface area contributed by atoms with Crippen molar-refractivity contribution in [3.8, 4) is 17.2 Å². The zero-order valence-corrected chi connectivity index (χ0v) is 15.8. The second-order valence-corrected chi connectivity index (χ2v) is 6.43. The van der Waals surface area contributed by atoms with E-state index in [0.717, 1.165) is 17.7 Å². The average Bonchev–Trinajstić information content (AvgIpc) is 2.71. The smallest absolute Gasteiger partial charge is 0.257 e. The van der Waals surface area contributed by atoms with Gasteiger partial charge >= 0.3 is 0 Å². The molecule has 1 amide bonds. The van der Waals surface area contributed by atoms with Gasteiger partial charge in [0.1, 0.15) is 12.4 Å². The molecule has 1 aliphatic rings. The Morgan fingerprint density at radius 1 is 1.22 bits per heavy atom. The summed E-state index contributed by atoms with van der Waals surface area (Å²) < 4.78 is 16.8. The molecule has 2 aromatic rings. The maximum atomic E-state index is 11.5. The number of para-hydroxylation sites is 1. The third-order valence-corrected chi connectivity index (χ3v) is 4.43. The van der Waals surface area contributed by atoms with Crippen LogP contribution in [-0.4, -0.2) is 38.8 Å².